The van der Waals surface area contributed by atoms with Gasteiger partial charge in [0.2, 0.25) is 5.91 Å². The fraction of sp³-hybridized carbons (Fsp3) is 0.500. The summed E-state index contributed by atoms with van der Waals surface area (Å²) < 4.78 is 36.5. The third-order valence-electron chi connectivity index (χ3n) is 3.61. The highest BCUT2D eigenvalue weighted by Crippen LogP contribution is 2.18. The van der Waals surface area contributed by atoms with Crippen LogP contribution in [0.15, 0.2) is 24.3 Å². The zero-order valence-corrected chi connectivity index (χ0v) is 12.7. The monoisotopic (exact) mass is 314 g/mol. The van der Waals surface area contributed by atoms with E-state index in [1.165, 1.54) is 6.07 Å². The summed E-state index contributed by atoms with van der Waals surface area (Å²) in [5.74, 6) is -0.492. The van der Waals surface area contributed by atoms with E-state index in [-0.39, 0.29) is 35.7 Å². The highest BCUT2D eigenvalue weighted by molar-refractivity contribution is 7.91. The molecule has 1 unspecified atom stereocenters. The minimum absolute atomic E-state index is 0.0201. The highest BCUT2D eigenvalue weighted by atomic mass is 32.2. The normalized spacial score (nSPS) is 20.2. The lowest BCUT2D eigenvalue weighted by atomic mass is 10.2. The van der Waals surface area contributed by atoms with Gasteiger partial charge in [0.1, 0.15) is 5.82 Å². The van der Waals surface area contributed by atoms with Crippen molar-refractivity contribution in [3.63, 3.8) is 0 Å². The largest absolute Gasteiger partial charge is 0.374 e. The molecule has 0 saturated carbocycles. The minimum Gasteiger partial charge on any atom is -0.374 e. The molecule has 1 aliphatic heterocycles. The Morgan fingerprint density at radius 2 is 2.14 bits per heavy atom. The van der Waals surface area contributed by atoms with E-state index >= 15 is 0 Å². The number of hydrogen-bond acceptors (Lipinski definition) is 4. The Morgan fingerprint density at radius 1 is 1.43 bits per heavy atom. The van der Waals surface area contributed by atoms with Crippen LogP contribution >= 0.6 is 0 Å². The zero-order chi connectivity index (χ0) is 15.5. The number of rotatable bonds is 5. The number of likely N-dealkylation sites (N-methyl/N-ethyl adjacent to an activating group) is 1. The number of benzene rings is 1. The molecule has 2 rings (SSSR count). The van der Waals surface area contributed by atoms with Gasteiger partial charge >= 0.3 is 0 Å². The van der Waals surface area contributed by atoms with Crippen LogP contribution in [0.2, 0.25) is 0 Å². The van der Waals surface area contributed by atoms with Crippen LogP contribution in [0, 0.1) is 5.82 Å². The van der Waals surface area contributed by atoms with Crippen LogP contribution in [0.5, 0.6) is 0 Å². The Kier molecular flexibility index (Phi) is 4.82. The molecule has 7 heteroatoms. The lowest BCUT2D eigenvalue weighted by Gasteiger charge is -2.27. The van der Waals surface area contributed by atoms with E-state index in [2.05, 4.69) is 5.32 Å². The summed E-state index contributed by atoms with van der Waals surface area (Å²) in [4.78, 5) is 13.8. The number of sulfone groups is 1. The van der Waals surface area contributed by atoms with E-state index in [0.29, 0.717) is 13.0 Å². The molecule has 0 spiro atoms. The first-order valence-corrected chi connectivity index (χ1v) is 8.73. The van der Waals surface area contributed by atoms with Gasteiger partial charge in [-0.3, -0.25) is 4.79 Å². The molecule has 1 fully saturated rings. The zero-order valence-electron chi connectivity index (χ0n) is 11.9. The molecule has 0 radical (unpaired) electrons. The summed E-state index contributed by atoms with van der Waals surface area (Å²) >= 11 is 0. The number of anilines is 1. The van der Waals surface area contributed by atoms with Gasteiger partial charge in [0.25, 0.3) is 0 Å². The molecule has 1 amide bonds. The molecule has 1 heterocycles. The van der Waals surface area contributed by atoms with E-state index in [1.54, 1.807) is 23.1 Å². The second-order valence-corrected chi connectivity index (χ2v) is 7.30. The summed E-state index contributed by atoms with van der Waals surface area (Å²) in [5.41, 5.74) is 0.265. The smallest absolute Gasteiger partial charge is 0.242 e. The molecule has 1 N–H and O–H groups in total. The van der Waals surface area contributed by atoms with Crippen molar-refractivity contribution in [3.8, 4) is 0 Å². The maximum atomic E-state index is 13.5. The average Bonchev–Trinajstić information content (AvgIpc) is 2.79. The Balaban J connectivity index is 1.97. The van der Waals surface area contributed by atoms with Gasteiger partial charge in [0.05, 0.1) is 23.7 Å². The third-order valence-corrected chi connectivity index (χ3v) is 5.36. The summed E-state index contributed by atoms with van der Waals surface area (Å²) in [5, 5.41) is 2.76. The Hall–Kier alpha value is -1.63. The second kappa shape index (κ2) is 6.43. The summed E-state index contributed by atoms with van der Waals surface area (Å²) in [7, 11) is -3.03. The van der Waals surface area contributed by atoms with Crippen LogP contribution in [0.25, 0.3) is 0 Å². The number of carbonyl (C=O) groups excluding carboxylic acids is 1. The number of nitrogens with zero attached hydrogens (tertiary/aromatic N) is 1. The number of halogens is 1. The van der Waals surface area contributed by atoms with Crippen molar-refractivity contribution >= 4 is 21.4 Å². The lowest BCUT2D eigenvalue weighted by Crippen LogP contribution is -2.43. The number of carbonyl (C=O) groups is 1. The number of amides is 1. The molecule has 0 aliphatic carbocycles. The van der Waals surface area contributed by atoms with Gasteiger partial charge in [-0.25, -0.2) is 12.8 Å². The van der Waals surface area contributed by atoms with Gasteiger partial charge in [-0.1, -0.05) is 12.1 Å². The van der Waals surface area contributed by atoms with Gasteiger partial charge < -0.3 is 10.2 Å². The van der Waals surface area contributed by atoms with Crippen LogP contribution in [-0.4, -0.2) is 49.9 Å². The molecular formula is C14H19FN2O3S. The van der Waals surface area contributed by atoms with Crippen LogP contribution in [0.4, 0.5) is 10.1 Å². The Bertz CT molecular complexity index is 618. The van der Waals surface area contributed by atoms with E-state index < -0.39 is 15.7 Å². The van der Waals surface area contributed by atoms with Crippen molar-refractivity contribution < 1.29 is 17.6 Å². The van der Waals surface area contributed by atoms with Crippen LogP contribution < -0.4 is 5.32 Å². The van der Waals surface area contributed by atoms with Crippen LogP contribution in [0.1, 0.15) is 13.3 Å². The fourth-order valence-corrected chi connectivity index (χ4v) is 4.27. The Morgan fingerprint density at radius 3 is 2.71 bits per heavy atom. The molecule has 116 valence electrons. The van der Waals surface area contributed by atoms with Crippen molar-refractivity contribution in [2.45, 2.75) is 19.4 Å². The molecule has 1 aliphatic rings. The van der Waals surface area contributed by atoms with E-state index in [0.717, 1.165) is 0 Å². The molecule has 0 bridgehead atoms. The van der Waals surface area contributed by atoms with E-state index in [4.69, 9.17) is 0 Å². The van der Waals surface area contributed by atoms with Gasteiger partial charge in [0, 0.05) is 12.6 Å². The number of hydrogen-bond donors (Lipinski definition) is 1. The van der Waals surface area contributed by atoms with Crippen LogP contribution in [0.3, 0.4) is 0 Å². The molecule has 1 aromatic carbocycles. The number of nitrogens with one attached hydrogen (secondary N) is 1. The second-order valence-electron chi connectivity index (χ2n) is 5.07. The standard InChI is InChI=1S/C14H19FN2O3S/c1-2-17(11-7-8-21(19,20)10-11)14(18)9-16-13-6-4-3-5-12(13)15/h3-6,11,16H,2,7-10H2,1H3. The summed E-state index contributed by atoms with van der Waals surface area (Å²) in [6, 6.07) is 5.85. The lowest BCUT2D eigenvalue weighted by molar-refractivity contribution is -0.130. The van der Waals surface area contributed by atoms with Crippen molar-refractivity contribution in [2.24, 2.45) is 0 Å². The first-order chi connectivity index (χ1) is 9.93. The predicted octanol–water partition coefficient (Wildman–Crippen LogP) is 1.27. The molecule has 1 aromatic rings. The number of para-hydroxylation sites is 1. The first kappa shape index (κ1) is 15.8. The summed E-state index contributed by atoms with van der Waals surface area (Å²) in [6.45, 7) is 2.20. The Labute approximate surface area is 124 Å². The van der Waals surface area contributed by atoms with E-state index in [1.807, 2.05) is 6.92 Å². The van der Waals surface area contributed by atoms with Crippen molar-refractivity contribution in [1.29, 1.82) is 0 Å². The first-order valence-electron chi connectivity index (χ1n) is 6.91. The van der Waals surface area contributed by atoms with Gasteiger partial charge in [-0.15, -0.1) is 0 Å². The third kappa shape index (κ3) is 3.93. The highest BCUT2D eigenvalue weighted by Gasteiger charge is 2.33. The van der Waals surface area contributed by atoms with Crippen molar-refractivity contribution in [2.75, 3.05) is 29.9 Å². The fourth-order valence-electron chi connectivity index (χ4n) is 2.54. The maximum absolute atomic E-state index is 13.5. The SMILES string of the molecule is CCN(C(=O)CNc1ccccc1F)C1CCS(=O)(=O)C1. The summed E-state index contributed by atoms with van der Waals surface area (Å²) in [6.07, 6.45) is 0.474. The molecule has 5 nitrogen and oxygen atoms in total. The molecule has 1 atom stereocenters. The predicted molar refractivity (Wildman–Crippen MR) is 79.3 cm³/mol. The van der Waals surface area contributed by atoms with Crippen molar-refractivity contribution in [3.05, 3.63) is 30.1 Å². The van der Waals surface area contributed by atoms with Gasteiger partial charge in [-0.05, 0) is 25.5 Å². The quantitative estimate of drug-likeness (QED) is 0.889. The molecular weight excluding hydrogens is 295 g/mol. The maximum Gasteiger partial charge on any atom is 0.242 e. The average molecular weight is 314 g/mol. The van der Waals surface area contributed by atoms with Gasteiger partial charge in [-0.2, -0.15) is 0 Å². The molecule has 1 saturated heterocycles. The van der Waals surface area contributed by atoms with Gasteiger partial charge in [0.15, 0.2) is 9.84 Å². The van der Waals surface area contributed by atoms with E-state index in [9.17, 15) is 17.6 Å². The van der Waals surface area contributed by atoms with Crippen molar-refractivity contribution in [1.82, 2.24) is 4.90 Å². The van der Waals surface area contributed by atoms with Crippen LogP contribution in [-0.2, 0) is 14.6 Å². The topological polar surface area (TPSA) is 66.5 Å². The molecule has 0 aromatic heterocycles. The molecule has 21 heavy (non-hydrogen) atoms. The minimum atomic E-state index is -3.03.